The van der Waals surface area contributed by atoms with Gasteiger partial charge in [-0.05, 0) is 72.0 Å². The molecule has 0 spiro atoms. The van der Waals surface area contributed by atoms with Gasteiger partial charge in [0, 0.05) is 11.2 Å². The van der Waals surface area contributed by atoms with Crippen LogP contribution in [0.4, 0.5) is 0 Å². The first-order valence-corrected chi connectivity index (χ1v) is 13.2. The molecule has 0 unspecified atom stereocenters. The van der Waals surface area contributed by atoms with Crippen molar-refractivity contribution < 1.29 is 13.2 Å². The number of nitriles is 1. The van der Waals surface area contributed by atoms with E-state index in [1.807, 2.05) is 12.1 Å². The third-order valence-electron chi connectivity index (χ3n) is 5.78. The lowest BCUT2D eigenvalue weighted by Crippen LogP contribution is -2.20. The van der Waals surface area contributed by atoms with E-state index in [-0.39, 0.29) is 21.8 Å². The van der Waals surface area contributed by atoms with Gasteiger partial charge in [-0.3, -0.25) is 9.20 Å². The number of aromatic nitrogens is 2. The molecule has 0 saturated heterocycles. The molecule has 0 aliphatic heterocycles. The Bertz CT molecular complexity index is 1730. The van der Waals surface area contributed by atoms with Gasteiger partial charge in [-0.2, -0.15) is 10.2 Å². The van der Waals surface area contributed by atoms with Gasteiger partial charge in [-0.15, -0.1) is 0 Å². The molecule has 7 nitrogen and oxygen atoms in total. The molecule has 0 fully saturated rings. The van der Waals surface area contributed by atoms with Crippen molar-refractivity contribution in [3.63, 3.8) is 0 Å². The third-order valence-corrected chi connectivity index (χ3v) is 7.72. The number of nitrogens with zero attached hydrogens (tertiary/aromatic N) is 3. The van der Waals surface area contributed by atoms with E-state index in [0.717, 1.165) is 17.2 Å². The van der Waals surface area contributed by atoms with E-state index in [9.17, 15) is 18.5 Å². The van der Waals surface area contributed by atoms with Crippen molar-refractivity contribution in [2.75, 3.05) is 0 Å². The van der Waals surface area contributed by atoms with Crippen LogP contribution < -0.4 is 10.3 Å². The van der Waals surface area contributed by atoms with Crippen molar-refractivity contribution in [1.82, 2.24) is 9.38 Å². The summed E-state index contributed by atoms with van der Waals surface area (Å²) >= 11 is 5.88. The van der Waals surface area contributed by atoms with Gasteiger partial charge >= 0.3 is 0 Å². The minimum absolute atomic E-state index is 0.0682. The van der Waals surface area contributed by atoms with Gasteiger partial charge < -0.3 is 4.74 Å². The first-order valence-electron chi connectivity index (χ1n) is 11.3. The standard InChI is InChI=1S/C28H24ClN3O4S/c1-18-6-5-15-32-25(18)31-26(36-21-11-7-19(8-12-21)28(2,3)4)24(27(32)33)16-23(17-30)37(34,35)22-13-9-20(29)10-14-22/h5-16H,1-4H3. The van der Waals surface area contributed by atoms with Crippen LogP contribution in [-0.4, -0.2) is 17.8 Å². The Balaban J connectivity index is 1.91. The molecule has 0 N–H and O–H groups in total. The number of pyridine rings is 1. The molecule has 2 aromatic heterocycles. The Morgan fingerprint density at radius 3 is 2.32 bits per heavy atom. The number of benzene rings is 2. The maximum atomic E-state index is 13.5. The van der Waals surface area contributed by atoms with Crippen LogP contribution in [0.25, 0.3) is 11.7 Å². The van der Waals surface area contributed by atoms with E-state index in [2.05, 4.69) is 25.8 Å². The monoisotopic (exact) mass is 533 g/mol. The highest BCUT2D eigenvalue weighted by molar-refractivity contribution is 7.95. The fourth-order valence-corrected chi connectivity index (χ4v) is 4.94. The fourth-order valence-electron chi connectivity index (χ4n) is 3.67. The zero-order chi connectivity index (χ0) is 27.0. The summed E-state index contributed by atoms with van der Waals surface area (Å²) in [6.07, 6.45) is 2.53. The molecular weight excluding hydrogens is 510 g/mol. The highest BCUT2D eigenvalue weighted by Gasteiger charge is 2.24. The minimum atomic E-state index is -4.25. The number of hydrogen-bond acceptors (Lipinski definition) is 6. The van der Waals surface area contributed by atoms with Gasteiger partial charge in [0.2, 0.25) is 15.7 Å². The summed E-state index contributed by atoms with van der Waals surface area (Å²) in [7, 11) is -4.25. The van der Waals surface area contributed by atoms with Crippen molar-refractivity contribution in [3.05, 3.63) is 104 Å². The molecule has 2 heterocycles. The SMILES string of the molecule is Cc1cccn2c(=O)c(C=C(C#N)S(=O)(=O)c3ccc(Cl)cc3)c(Oc3ccc(C(C)(C)C)cc3)nc12. The third kappa shape index (κ3) is 5.29. The molecule has 188 valence electrons. The second-order valence-electron chi connectivity index (χ2n) is 9.47. The predicted octanol–water partition coefficient (Wildman–Crippen LogP) is 6.08. The number of ether oxygens (including phenoxy) is 1. The largest absolute Gasteiger partial charge is 0.438 e. The normalized spacial score (nSPS) is 12.4. The molecule has 0 atom stereocenters. The predicted molar refractivity (Wildman–Crippen MR) is 144 cm³/mol. The van der Waals surface area contributed by atoms with Gasteiger partial charge in [0.1, 0.15) is 27.9 Å². The quantitative estimate of drug-likeness (QED) is 0.288. The van der Waals surface area contributed by atoms with E-state index in [1.54, 1.807) is 37.3 Å². The zero-order valence-electron chi connectivity index (χ0n) is 20.7. The van der Waals surface area contributed by atoms with Crippen LogP contribution >= 0.6 is 11.6 Å². The minimum Gasteiger partial charge on any atom is -0.438 e. The van der Waals surface area contributed by atoms with E-state index in [0.29, 0.717) is 16.4 Å². The number of allylic oxidation sites excluding steroid dienone is 1. The first kappa shape index (κ1) is 26.1. The molecule has 0 aliphatic rings. The van der Waals surface area contributed by atoms with E-state index >= 15 is 0 Å². The fraction of sp³-hybridized carbons (Fsp3) is 0.179. The Hall–Kier alpha value is -3.93. The Morgan fingerprint density at radius 2 is 1.73 bits per heavy atom. The lowest BCUT2D eigenvalue weighted by Gasteiger charge is -2.19. The summed E-state index contributed by atoms with van der Waals surface area (Å²) in [4.78, 5) is 17.3. The molecular formula is C28H24ClN3O4S. The van der Waals surface area contributed by atoms with Crippen LogP contribution in [0, 0.1) is 18.3 Å². The van der Waals surface area contributed by atoms with Crippen molar-refractivity contribution in [3.8, 4) is 17.7 Å². The average molecular weight is 534 g/mol. The second-order valence-corrected chi connectivity index (χ2v) is 11.8. The molecule has 0 amide bonds. The Morgan fingerprint density at radius 1 is 1.08 bits per heavy atom. The van der Waals surface area contributed by atoms with Gasteiger partial charge in [-0.25, -0.2) is 8.42 Å². The van der Waals surface area contributed by atoms with Gasteiger partial charge in [0.05, 0.1) is 4.90 Å². The second kappa shape index (κ2) is 9.85. The van der Waals surface area contributed by atoms with Crippen LogP contribution in [0.5, 0.6) is 11.6 Å². The number of sulfone groups is 1. The van der Waals surface area contributed by atoms with Crippen molar-refractivity contribution >= 4 is 33.2 Å². The molecule has 2 aromatic carbocycles. The number of halogens is 1. The van der Waals surface area contributed by atoms with Crippen molar-refractivity contribution in [2.45, 2.75) is 38.0 Å². The Labute approximate surface area is 220 Å². The topological polar surface area (TPSA) is 102 Å². The maximum absolute atomic E-state index is 13.5. The molecule has 0 radical (unpaired) electrons. The zero-order valence-corrected chi connectivity index (χ0v) is 22.3. The first-order chi connectivity index (χ1) is 17.4. The molecule has 37 heavy (non-hydrogen) atoms. The van der Waals surface area contributed by atoms with Gasteiger partial charge in [0.15, 0.2) is 0 Å². The molecule has 0 saturated carbocycles. The summed E-state index contributed by atoms with van der Waals surface area (Å²) < 4.78 is 33.7. The average Bonchev–Trinajstić information content (AvgIpc) is 2.84. The lowest BCUT2D eigenvalue weighted by atomic mass is 9.87. The van der Waals surface area contributed by atoms with Gasteiger partial charge in [0.25, 0.3) is 5.56 Å². The van der Waals surface area contributed by atoms with Crippen LogP contribution in [0.1, 0.15) is 37.5 Å². The lowest BCUT2D eigenvalue weighted by molar-refractivity contribution is 0.460. The summed E-state index contributed by atoms with van der Waals surface area (Å²) in [5.41, 5.74) is 1.35. The summed E-state index contributed by atoms with van der Waals surface area (Å²) in [6, 6.07) is 17.9. The summed E-state index contributed by atoms with van der Waals surface area (Å²) in [5.74, 6) is 0.299. The molecule has 0 bridgehead atoms. The number of aryl methyl sites for hydroxylation is 1. The molecule has 4 rings (SSSR count). The number of hydrogen-bond donors (Lipinski definition) is 0. The van der Waals surface area contributed by atoms with Crippen molar-refractivity contribution in [1.29, 1.82) is 5.26 Å². The maximum Gasteiger partial charge on any atom is 0.269 e. The highest BCUT2D eigenvalue weighted by atomic mass is 35.5. The van der Waals surface area contributed by atoms with E-state index in [4.69, 9.17) is 16.3 Å². The van der Waals surface area contributed by atoms with E-state index in [1.165, 1.54) is 34.9 Å². The van der Waals surface area contributed by atoms with E-state index < -0.39 is 20.3 Å². The van der Waals surface area contributed by atoms with Crippen LogP contribution in [0.2, 0.25) is 5.02 Å². The highest BCUT2D eigenvalue weighted by Crippen LogP contribution is 2.30. The van der Waals surface area contributed by atoms with Gasteiger partial charge in [-0.1, -0.05) is 50.6 Å². The molecule has 4 aromatic rings. The Kier molecular flexibility index (Phi) is 6.96. The van der Waals surface area contributed by atoms with Crippen LogP contribution in [0.15, 0.2) is 81.5 Å². The number of fused-ring (bicyclic) bond motifs is 1. The summed E-state index contributed by atoms with van der Waals surface area (Å²) in [6.45, 7) is 8.06. The van der Waals surface area contributed by atoms with Crippen LogP contribution in [-0.2, 0) is 15.3 Å². The molecule has 0 aliphatic carbocycles. The van der Waals surface area contributed by atoms with Crippen LogP contribution in [0.3, 0.4) is 0 Å². The smallest absolute Gasteiger partial charge is 0.269 e. The number of rotatable bonds is 5. The summed E-state index contributed by atoms with van der Waals surface area (Å²) in [5, 5.41) is 10.1. The molecule has 9 heteroatoms. The van der Waals surface area contributed by atoms with Crippen molar-refractivity contribution in [2.24, 2.45) is 0 Å².